The van der Waals surface area contributed by atoms with Crippen LogP contribution in [-0.4, -0.2) is 34.4 Å². The normalized spacial score (nSPS) is 11.2. The molecule has 0 aliphatic carbocycles. The van der Waals surface area contributed by atoms with Gasteiger partial charge in [0, 0.05) is 25.3 Å². The fraction of sp³-hybridized carbons (Fsp3) is 0.750. The highest BCUT2D eigenvalue weighted by Crippen LogP contribution is 2.21. The lowest BCUT2D eigenvalue weighted by atomic mass is 10.6. The van der Waals surface area contributed by atoms with Crippen LogP contribution in [0.4, 0.5) is 0 Å². The fourth-order valence-corrected chi connectivity index (χ4v) is 4.87. The Bertz CT molecular complexity index is 214. The summed E-state index contributed by atoms with van der Waals surface area (Å²) in [6, 6.07) is 1.61. The third-order valence-corrected chi connectivity index (χ3v) is 6.20. The van der Waals surface area contributed by atoms with E-state index in [2.05, 4.69) is 13.5 Å². The highest BCUT2D eigenvalue weighted by molar-refractivity contribution is 6.67. The van der Waals surface area contributed by atoms with Crippen molar-refractivity contribution in [2.45, 2.75) is 39.3 Å². The first-order valence-corrected chi connectivity index (χ1v) is 8.44. The SMILES string of the molecule is C=CC(=O)OCC[Si](CCC)(OCC)OCC. The molecule has 0 saturated heterocycles. The number of carbonyl (C=O) groups is 1. The molecule has 4 nitrogen and oxygen atoms in total. The lowest BCUT2D eigenvalue weighted by Gasteiger charge is -2.29. The molecule has 0 saturated carbocycles. The van der Waals surface area contributed by atoms with E-state index < -0.39 is 14.5 Å². The maximum absolute atomic E-state index is 11.0. The maximum Gasteiger partial charge on any atom is 0.341 e. The van der Waals surface area contributed by atoms with Gasteiger partial charge in [-0.15, -0.1) is 0 Å². The lowest BCUT2D eigenvalue weighted by Crippen LogP contribution is -2.43. The van der Waals surface area contributed by atoms with Crippen molar-refractivity contribution in [2.75, 3.05) is 19.8 Å². The molecule has 0 atom stereocenters. The van der Waals surface area contributed by atoms with Gasteiger partial charge in [-0.1, -0.05) is 19.9 Å². The summed E-state index contributed by atoms with van der Waals surface area (Å²) in [5, 5.41) is 0. The summed E-state index contributed by atoms with van der Waals surface area (Å²) < 4.78 is 16.7. The Labute approximate surface area is 105 Å². The highest BCUT2D eigenvalue weighted by atomic mass is 28.4. The van der Waals surface area contributed by atoms with Crippen LogP contribution in [0, 0.1) is 0 Å². The molecule has 17 heavy (non-hydrogen) atoms. The van der Waals surface area contributed by atoms with Gasteiger partial charge in [0.2, 0.25) is 0 Å². The summed E-state index contributed by atoms with van der Waals surface area (Å²) in [6.07, 6.45) is 2.19. The molecule has 0 rings (SSSR count). The number of esters is 1. The predicted octanol–water partition coefficient (Wildman–Crippen LogP) is 2.64. The topological polar surface area (TPSA) is 44.8 Å². The van der Waals surface area contributed by atoms with Crippen molar-refractivity contribution in [1.82, 2.24) is 0 Å². The second-order valence-corrected chi connectivity index (χ2v) is 7.05. The average molecular weight is 260 g/mol. The lowest BCUT2D eigenvalue weighted by molar-refractivity contribution is -0.137. The molecule has 0 N–H and O–H groups in total. The molecule has 0 fully saturated rings. The van der Waals surface area contributed by atoms with Crippen LogP contribution in [-0.2, 0) is 18.4 Å². The largest absolute Gasteiger partial charge is 0.463 e. The zero-order valence-electron chi connectivity index (χ0n) is 11.2. The molecule has 0 heterocycles. The highest BCUT2D eigenvalue weighted by Gasteiger charge is 2.36. The van der Waals surface area contributed by atoms with Crippen LogP contribution in [0.25, 0.3) is 0 Å². The van der Waals surface area contributed by atoms with Crippen LogP contribution < -0.4 is 0 Å². The first-order chi connectivity index (χ1) is 8.14. The Morgan fingerprint density at radius 2 is 1.76 bits per heavy atom. The molecule has 0 amide bonds. The van der Waals surface area contributed by atoms with Gasteiger partial charge in [0.25, 0.3) is 0 Å². The van der Waals surface area contributed by atoms with Crippen molar-refractivity contribution in [3.05, 3.63) is 12.7 Å². The van der Waals surface area contributed by atoms with E-state index in [9.17, 15) is 4.79 Å². The zero-order valence-corrected chi connectivity index (χ0v) is 12.2. The maximum atomic E-state index is 11.0. The number of carbonyl (C=O) groups excluding carboxylic acids is 1. The van der Waals surface area contributed by atoms with Crippen molar-refractivity contribution in [1.29, 1.82) is 0 Å². The first kappa shape index (κ1) is 16.3. The summed E-state index contributed by atoms with van der Waals surface area (Å²) in [5.41, 5.74) is 0. The van der Waals surface area contributed by atoms with E-state index in [-0.39, 0.29) is 0 Å². The third-order valence-electron chi connectivity index (χ3n) is 2.34. The number of hydrogen-bond acceptors (Lipinski definition) is 4. The number of hydrogen-bond donors (Lipinski definition) is 0. The molecule has 0 bridgehead atoms. The third kappa shape index (κ3) is 6.60. The summed E-state index contributed by atoms with van der Waals surface area (Å²) in [4.78, 5) is 11.0. The molecule has 100 valence electrons. The molecule has 0 unspecified atom stereocenters. The molecule has 0 aliphatic rings. The van der Waals surface area contributed by atoms with E-state index in [1.807, 2.05) is 13.8 Å². The van der Waals surface area contributed by atoms with Crippen LogP contribution in [0.5, 0.6) is 0 Å². The van der Waals surface area contributed by atoms with E-state index >= 15 is 0 Å². The van der Waals surface area contributed by atoms with E-state index in [0.29, 0.717) is 25.9 Å². The van der Waals surface area contributed by atoms with Crippen molar-refractivity contribution < 1.29 is 18.4 Å². The molecule has 0 aromatic rings. The van der Waals surface area contributed by atoms with Crippen molar-refractivity contribution in [3.63, 3.8) is 0 Å². The second-order valence-electron chi connectivity index (χ2n) is 3.65. The van der Waals surface area contributed by atoms with Gasteiger partial charge in [0.15, 0.2) is 0 Å². The Kier molecular flexibility index (Phi) is 9.02. The van der Waals surface area contributed by atoms with E-state index in [1.54, 1.807) is 0 Å². The van der Waals surface area contributed by atoms with Crippen molar-refractivity contribution in [3.8, 4) is 0 Å². The quantitative estimate of drug-likeness (QED) is 0.344. The molecule has 0 spiro atoms. The summed E-state index contributed by atoms with van der Waals surface area (Å²) in [5.74, 6) is -0.391. The van der Waals surface area contributed by atoms with Gasteiger partial charge in [-0.3, -0.25) is 0 Å². The molecular formula is C12H24O4Si. The fourth-order valence-electron chi connectivity index (χ4n) is 1.73. The minimum absolute atomic E-state index is 0.344. The smallest absolute Gasteiger partial charge is 0.341 e. The van der Waals surface area contributed by atoms with Crippen LogP contribution in [0.1, 0.15) is 27.2 Å². The van der Waals surface area contributed by atoms with Gasteiger partial charge in [-0.2, -0.15) is 0 Å². The van der Waals surface area contributed by atoms with E-state index in [4.69, 9.17) is 13.6 Å². The van der Waals surface area contributed by atoms with Crippen molar-refractivity contribution in [2.24, 2.45) is 0 Å². The van der Waals surface area contributed by atoms with Crippen LogP contribution in [0.2, 0.25) is 12.1 Å². The molecule has 0 aliphatic heterocycles. The monoisotopic (exact) mass is 260 g/mol. The molecule has 0 radical (unpaired) electrons. The first-order valence-electron chi connectivity index (χ1n) is 6.21. The van der Waals surface area contributed by atoms with Crippen LogP contribution >= 0.6 is 0 Å². The van der Waals surface area contributed by atoms with Gasteiger partial charge in [0.1, 0.15) is 0 Å². The molecular weight excluding hydrogens is 236 g/mol. The minimum Gasteiger partial charge on any atom is -0.463 e. The predicted molar refractivity (Wildman–Crippen MR) is 70.1 cm³/mol. The summed E-state index contributed by atoms with van der Waals surface area (Å²) in [7, 11) is -2.19. The van der Waals surface area contributed by atoms with Gasteiger partial charge in [-0.05, 0) is 19.9 Å². The summed E-state index contributed by atoms with van der Waals surface area (Å²) in [6.45, 7) is 11.0. The van der Waals surface area contributed by atoms with Gasteiger partial charge < -0.3 is 13.6 Å². The summed E-state index contributed by atoms with van der Waals surface area (Å²) >= 11 is 0. The Balaban J connectivity index is 4.32. The Morgan fingerprint density at radius 3 is 2.18 bits per heavy atom. The Hall–Kier alpha value is -0.653. The van der Waals surface area contributed by atoms with Gasteiger partial charge in [0.05, 0.1) is 6.61 Å². The number of rotatable bonds is 10. The Morgan fingerprint density at radius 1 is 1.18 bits per heavy atom. The number of ether oxygens (including phenoxy) is 1. The molecule has 0 aromatic heterocycles. The van der Waals surface area contributed by atoms with Crippen molar-refractivity contribution >= 4 is 14.5 Å². The zero-order chi connectivity index (χ0) is 13.1. The van der Waals surface area contributed by atoms with Gasteiger partial charge >= 0.3 is 14.5 Å². The van der Waals surface area contributed by atoms with Gasteiger partial charge in [-0.25, -0.2) is 4.79 Å². The van der Waals surface area contributed by atoms with E-state index in [0.717, 1.165) is 12.5 Å². The standard InChI is InChI=1S/C12H24O4Si/c1-5-10-17(15-7-3,16-8-4)11-9-14-12(13)6-2/h6H,2,5,7-11H2,1,3-4H3. The molecule has 5 heteroatoms. The van der Waals surface area contributed by atoms with Crippen LogP contribution in [0.15, 0.2) is 12.7 Å². The average Bonchev–Trinajstić information content (AvgIpc) is 2.30. The minimum atomic E-state index is -2.19. The second kappa shape index (κ2) is 9.38. The van der Waals surface area contributed by atoms with Crippen LogP contribution in [0.3, 0.4) is 0 Å². The van der Waals surface area contributed by atoms with E-state index in [1.165, 1.54) is 6.08 Å². The molecule has 0 aromatic carbocycles.